The molecule has 0 atom stereocenters. The number of carboxylic acid groups (broad SMARTS) is 1. The molecule has 0 bridgehead atoms. The van der Waals surface area contributed by atoms with E-state index in [2.05, 4.69) is 20.5 Å². The van der Waals surface area contributed by atoms with Gasteiger partial charge in [0.2, 0.25) is 0 Å². The van der Waals surface area contributed by atoms with Crippen LogP contribution in [0.15, 0.2) is 71.8 Å². The highest BCUT2D eigenvalue weighted by Gasteiger charge is 2.12. The molecule has 1 heterocycles. The van der Waals surface area contributed by atoms with Crippen LogP contribution in [0.5, 0.6) is 0 Å². The van der Waals surface area contributed by atoms with Crippen LogP contribution in [0.2, 0.25) is 5.02 Å². The molecule has 0 spiro atoms. The van der Waals surface area contributed by atoms with Gasteiger partial charge in [-0.05, 0) is 36.4 Å². The van der Waals surface area contributed by atoms with Gasteiger partial charge in [-0.2, -0.15) is 5.10 Å². The van der Waals surface area contributed by atoms with Gasteiger partial charge in [0, 0.05) is 16.7 Å². The molecule has 3 aromatic carbocycles. The molecule has 8 heteroatoms. The quantitative estimate of drug-likeness (QED) is 0.331. The van der Waals surface area contributed by atoms with Crippen molar-refractivity contribution in [3.05, 3.63) is 88.4 Å². The first-order chi connectivity index (χ1) is 14.5. The number of carboxylic acids is 1. The molecule has 4 aromatic rings. The zero-order valence-electron chi connectivity index (χ0n) is 15.5. The first kappa shape index (κ1) is 19.4. The number of hydrogen-bond acceptors (Lipinski definition) is 4. The molecule has 4 rings (SSSR count). The van der Waals surface area contributed by atoms with Crippen molar-refractivity contribution in [1.82, 2.24) is 15.4 Å². The molecule has 0 fully saturated rings. The van der Waals surface area contributed by atoms with Crippen molar-refractivity contribution in [2.24, 2.45) is 5.10 Å². The van der Waals surface area contributed by atoms with Crippen molar-refractivity contribution in [3.8, 4) is 11.4 Å². The Morgan fingerprint density at radius 3 is 2.63 bits per heavy atom. The number of H-pyrrole nitrogens is 1. The third kappa shape index (κ3) is 3.92. The number of nitrogens with one attached hydrogen (secondary N) is 2. The molecular formula is C22H15ClN4O3. The maximum atomic E-state index is 12.4. The fourth-order valence-corrected chi connectivity index (χ4v) is 3.19. The van der Waals surface area contributed by atoms with Gasteiger partial charge in [0.1, 0.15) is 5.82 Å². The first-order valence-corrected chi connectivity index (χ1v) is 9.31. The van der Waals surface area contributed by atoms with Gasteiger partial charge in [-0.3, -0.25) is 4.79 Å². The third-order valence-electron chi connectivity index (χ3n) is 4.43. The molecule has 0 unspecified atom stereocenters. The van der Waals surface area contributed by atoms with Gasteiger partial charge in [0.05, 0.1) is 27.8 Å². The van der Waals surface area contributed by atoms with Crippen LogP contribution < -0.4 is 5.43 Å². The smallest absolute Gasteiger partial charge is 0.336 e. The van der Waals surface area contributed by atoms with Crippen molar-refractivity contribution in [1.29, 1.82) is 0 Å². The Morgan fingerprint density at radius 2 is 1.83 bits per heavy atom. The minimum absolute atomic E-state index is 0.0986. The molecule has 0 aliphatic rings. The topological polar surface area (TPSA) is 107 Å². The molecule has 30 heavy (non-hydrogen) atoms. The number of fused-ring (bicyclic) bond motifs is 1. The lowest BCUT2D eigenvalue weighted by atomic mass is 10.1. The number of rotatable bonds is 5. The molecule has 1 amide bonds. The maximum Gasteiger partial charge on any atom is 0.336 e. The van der Waals surface area contributed by atoms with E-state index in [0.29, 0.717) is 33.0 Å². The second kappa shape index (κ2) is 8.18. The third-order valence-corrected chi connectivity index (χ3v) is 4.76. The number of halogens is 1. The summed E-state index contributed by atoms with van der Waals surface area (Å²) in [5, 5.41) is 13.6. The SMILES string of the molecule is O=C(N/N=C/c1ccccc1C(=O)O)c1ccc2nc(-c3ccccc3Cl)[nH]c2c1. The lowest BCUT2D eigenvalue weighted by molar-refractivity contribution is 0.0696. The summed E-state index contributed by atoms with van der Waals surface area (Å²) in [6.07, 6.45) is 1.30. The Morgan fingerprint density at radius 1 is 1.07 bits per heavy atom. The molecular weight excluding hydrogens is 404 g/mol. The van der Waals surface area contributed by atoms with Crippen molar-refractivity contribution in [3.63, 3.8) is 0 Å². The molecule has 0 radical (unpaired) electrons. The van der Waals surface area contributed by atoms with Gasteiger partial charge in [-0.15, -0.1) is 0 Å². The summed E-state index contributed by atoms with van der Waals surface area (Å²) in [5.74, 6) is -0.895. The van der Waals surface area contributed by atoms with Gasteiger partial charge in [0.15, 0.2) is 0 Å². The molecule has 0 aliphatic carbocycles. The number of hydrogen-bond donors (Lipinski definition) is 3. The fraction of sp³-hybridized carbons (Fsp3) is 0. The molecule has 3 N–H and O–H groups in total. The van der Waals surface area contributed by atoms with E-state index in [1.165, 1.54) is 12.3 Å². The number of carbonyl (C=O) groups excluding carboxylic acids is 1. The zero-order chi connectivity index (χ0) is 21.1. The first-order valence-electron chi connectivity index (χ1n) is 8.93. The number of imidazole rings is 1. The van der Waals surface area contributed by atoms with E-state index in [1.807, 2.05) is 18.2 Å². The average molecular weight is 419 g/mol. The number of aromatic carboxylic acids is 1. The molecule has 1 aromatic heterocycles. The van der Waals surface area contributed by atoms with Crippen molar-refractivity contribution in [2.45, 2.75) is 0 Å². The van der Waals surface area contributed by atoms with Crippen molar-refractivity contribution < 1.29 is 14.7 Å². The Kier molecular flexibility index (Phi) is 5.28. The van der Waals surface area contributed by atoms with Crippen LogP contribution in [0.25, 0.3) is 22.4 Å². The second-order valence-corrected chi connectivity index (χ2v) is 6.80. The maximum absolute atomic E-state index is 12.4. The highest BCUT2D eigenvalue weighted by atomic mass is 35.5. The second-order valence-electron chi connectivity index (χ2n) is 6.39. The number of aromatic nitrogens is 2. The highest BCUT2D eigenvalue weighted by Crippen LogP contribution is 2.27. The van der Waals surface area contributed by atoms with Crippen LogP contribution in [0.3, 0.4) is 0 Å². The zero-order valence-corrected chi connectivity index (χ0v) is 16.2. The van der Waals surface area contributed by atoms with Gasteiger partial charge >= 0.3 is 5.97 Å². The van der Waals surface area contributed by atoms with Crippen LogP contribution in [-0.2, 0) is 0 Å². The standard InChI is InChI=1S/C22H15ClN4O3/c23-17-8-4-3-7-16(17)20-25-18-10-9-13(11-19(18)26-20)21(28)27-24-12-14-5-1-2-6-15(14)22(29)30/h1-12H,(H,25,26)(H,27,28)(H,29,30)/b24-12+. The summed E-state index contributed by atoms with van der Waals surface area (Å²) in [6.45, 7) is 0. The Balaban J connectivity index is 1.54. The Bertz CT molecular complexity index is 1300. The summed E-state index contributed by atoms with van der Waals surface area (Å²) < 4.78 is 0. The van der Waals surface area contributed by atoms with Crippen LogP contribution in [0.1, 0.15) is 26.3 Å². The molecule has 0 saturated carbocycles. The fourth-order valence-electron chi connectivity index (χ4n) is 2.96. The van der Waals surface area contributed by atoms with Crippen LogP contribution in [-0.4, -0.2) is 33.2 Å². The average Bonchev–Trinajstić information content (AvgIpc) is 3.17. The summed E-state index contributed by atoms with van der Waals surface area (Å²) in [6, 6.07) is 18.8. The van der Waals surface area contributed by atoms with Crippen LogP contribution in [0, 0.1) is 0 Å². The van der Waals surface area contributed by atoms with E-state index < -0.39 is 11.9 Å². The van der Waals surface area contributed by atoms with E-state index in [1.54, 1.807) is 42.5 Å². The highest BCUT2D eigenvalue weighted by molar-refractivity contribution is 6.33. The van der Waals surface area contributed by atoms with Gasteiger partial charge in [0.25, 0.3) is 5.91 Å². The number of benzene rings is 3. The summed E-state index contributed by atoms with van der Waals surface area (Å²) in [4.78, 5) is 31.3. The summed E-state index contributed by atoms with van der Waals surface area (Å²) in [5.41, 5.74) is 5.41. The largest absolute Gasteiger partial charge is 0.478 e. The monoisotopic (exact) mass is 418 g/mol. The van der Waals surface area contributed by atoms with Gasteiger partial charge in [-0.1, -0.05) is 41.9 Å². The lowest BCUT2D eigenvalue weighted by Gasteiger charge is -2.01. The molecule has 0 saturated heterocycles. The lowest BCUT2D eigenvalue weighted by Crippen LogP contribution is -2.17. The van der Waals surface area contributed by atoms with E-state index in [0.717, 1.165) is 5.56 Å². The summed E-state index contributed by atoms with van der Waals surface area (Å²) in [7, 11) is 0. The summed E-state index contributed by atoms with van der Waals surface area (Å²) >= 11 is 6.23. The number of nitrogens with zero attached hydrogens (tertiary/aromatic N) is 2. The van der Waals surface area contributed by atoms with Crippen molar-refractivity contribution >= 4 is 40.7 Å². The minimum Gasteiger partial charge on any atom is -0.478 e. The predicted octanol–water partition coefficient (Wildman–Crippen LogP) is 4.35. The van der Waals surface area contributed by atoms with Crippen LogP contribution in [0.4, 0.5) is 0 Å². The normalized spacial score (nSPS) is 11.1. The van der Waals surface area contributed by atoms with Gasteiger partial charge < -0.3 is 10.1 Å². The van der Waals surface area contributed by atoms with Crippen molar-refractivity contribution in [2.75, 3.05) is 0 Å². The molecule has 0 aliphatic heterocycles. The number of aromatic amines is 1. The van der Waals surface area contributed by atoms with E-state index in [9.17, 15) is 14.7 Å². The van der Waals surface area contributed by atoms with E-state index >= 15 is 0 Å². The molecule has 7 nitrogen and oxygen atoms in total. The van der Waals surface area contributed by atoms with E-state index in [4.69, 9.17) is 11.6 Å². The number of amides is 1. The molecule has 148 valence electrons. The van der Waals surface area contributed by atoms with E-state index in [-0.39, 0.29) is 5.56 Å². The Labute approximate surface area is 176 Å². The number of carbonyl (C=O) groups is 2. The predicted molar refractivity (Wildman–Crippen MR) is 115 cm³/mol. The Hall–Kier alpha value is -3.97. The van der Waals surface area contributed by atoms with Crippen LogP contribution >= 0.6 is 11.6 Å². The van der Waals surface area contributed by atoms with Gasteiger partial charge in [-0.25, -0.2) is 15.2 Å². The minimum atomic E-state index is -1.07. The number of hydrazone groups is 1.